The van der Waals surface area contributed by atoms with Crippen LogP contribution in [0.25, 0.3) is 0 Å². The summed E-state index contributed by atoms with van der Waals surface area (Å²) in [6.07, 6.45) is 0. The zero-order valence-electron chi connectivity index (χ0n) is 6.69. The molecule has 1 heterocycles. The predicted molar refractivity (Wildman–Crippen MR) is 44.6 cm³/mol. The number of fused-ring (bicyclic) bond motifs is 1. The molecule has 1 aliphatic heterocycles. The van der Waals surface area contributed by atoms with E-state index in [1.807, 2.05) is 0 Å². The Morgan fingerprint density at radius 1 is 1.31 bits per heavy atom. The van der Waals surface area contributed by atoms with Gasteiger partial charge in [0.1, 0.15) is 0 Å². The molecule has 1 atom stereocenters. The second-order valence-electron chi connectivity index (χ2n) is 2.95. The van der Waals surface area contributed by atoms with E-state index in [1.165, 1.54) is 0 Å². The number of hydrogen-bond donors (Lipinski definition) is 0. The lowest BCUT2D eigenvalue weighted by atomic mass is 10.0. The lowest BCUT2D eigenvalue weighted by Crippen LogP contribution is -2.13. The van der Waals surface area contributed by atoms with Gasteiger partial charge in [-0.2, -0.15) is 0 Å². The Hall–Kier alpha value is -0.670. The standard InChI is InChI=1S/C9H7ClF2O/c10-7-4-13-3-5-1-8(11)9(12)2-6(5)7/h1-2,7H,3-4H2. The monoisotopic (exact) mass is 204 g/mol. The number of hydrogen-bond acceptors (Lipinski definition) is 1. The molecule has 0 saturated heterocycles. The maximum absolute atomic E-state index is 12.8. The summed E-state index contributed by atoms with van der Waals surface area (Å²) in [6.45, 7) is 0.648. The van der Waals surface area contributed by atoms with E-state index in [0.717, 1.165) is 12.1 Å². The minimum atomic E-state index is -0.855. The lowest BCUT2D eigenvalue weighted by molar-refractivity contribution is 0.107. The molecule has 1 aromatic rings. The van der Waals surface area contributed by atoms with Gasteiger partial charge in [0.05, 0.1) is 18.6 Å². The molecule has 0 aliphatic carbocycles. The van der Waals surface area contributed by atoms with Crippen molar-refractivity contribution in [1.82, 2.24) is 0 Å². The van der Waals surface area contributed by atoms with Crippen molar-refractivity contribution in [2.45, 2.75) is 12.0 Å². The summed E-state index contributed by atoms with van der Waals surface area (Å²) in [5.74, 6) is -1.71. The highest BCUT2D eigenvalue weighted by atomic mass is 35.5. The topological polar surface area (TPSA) is 9.23 Å². The molecule has 0 aromatic heterocycles. The van der Waals surface area contributed by atoms with Crippen molar-refractivity contribution in [3.05, 3.63) is 34.9 Å². The quantitative estimate of drug-likeness (QED) is 0.591. The van der Waals surface area contributed by atoms with Gasteiger partial charge < -0.3 is 4.74 Å². The maximum Gasteiger partial charge on any atom is 0.159 e. The van der Waals surface area contributed by atoms with Crippen molar-refractivity contribution >= 4 is 11.6 Å². The molecule has 0 radical (unpaired) electrons. The highest BCUT2D eigenvalue weighted by Crippen LogP contribution is 2.30. The molecule has 0 saturated carbocycles. The molecular weight excluding hydrogens is 198 g/mol. The minimum Gasteiger partial charge on any atom is -0.375 e. The maximum atomic E-state index is 12.8. The van der Waals surface area contributed by atoms with Crippen molar-refractivity contribution in [3.63, 3.8) is 0 Å². The highest BCUT2D eigenvalue weighted by molar-refractivity contribution is 6.21. The molecule has 1 unspecified atom stereocenters. The van der Waals surface area contributed by atoms with Gasteiger partial charge in [-0.05, 0) is 23.3 Å². The van der Waals surface area contributed by atoms with Gasteiger partial charge in [-0.15, -0.1) is 11.6 Å². The third kappa shape index (κ3) is 1.54. The molecule has 0 N–H and O–H groups in total. The van der Waals surface area contributed by atoms with Crippen LogP contribution in [0.4, 0.5) is 8.78 Å². The van der Waals surface area contributed by atoms with Crippen molar-refractivity contribution in [1.29, 1.82) is 0 Å². The average molecular weight is 205 g/mol. The first kappa shape index (κ1) is 8.91. The molecular formula is C9H7ClF2O. The molecule has 1 nitrogen and oxygen atoms in total. The largest absolute Gasteiger partial charge is 0.375 e. The summed E-state index contributed by atoms with van der Waals surface area (Å²) >= 11 is 5.86. The zero-order valence-corrected chi connectivity index (χ0v) is 7.44. The number of rotatable bonds is 0. The summed E-state index contributed by atoms with van der Waals surface area (Å²) in [6, 6.07) is 2.28. The van der Waals surface area contributed by atoms with Gasteiger partial charge in [0.2, 0.25) is 0 Å². The molecule has 0 bridgehead atoms. The van der Waals surface area contributed by atoms with Gasteiger partial charge in [-0.3, -0.25) is 0 Å². The van der Waals surface area contributed by atoms with E-state index in [9.17, 15) is 8.78 Å². The van der Waals surface area contributed by atoms with Crippen LogP contribution in [0.3, 0.4) is 0 Å². The third-order valence-corrected chi connectivity index (χ3v) is 2.40. The number of ether oxygens (including phenoxy) is 1. The lowest BCUT2D eigenvalue weighted by Gasteiger charge is -2.21. The second kappa shape index (κ2) is 3.24. The van der Waals surface area contributed by atoms with Crippen molar-refractivity contribution < 1.29 is 13.5 Å². The molecule has 2 rings (SSSR count). The molecule has 13 heavy (non-hydrogen) atoms. The molecule has 4 heteroatoms. The number of alkyl halides is 1. The van der Waals surface area contributed by atoms with Crippen LogP contribution >= 0.6 is 11.6 Å². The molecule has 1 aromatic carbocycles. The number of benzene rings is 1. The van der Waals surface area contributed by atoms with Crippen molar-refractivity contribution in [2.75, 3.05) is 6.61 Å². The normalized spacial score (nSPS) is 21.3. The zero-order chi connectivity index (χ0) is 9.42. The van der Waals surface area contributed by atoms with E-state index in [1.54, 1.807) is 0 Å². The Labute approximate surface area is 79.3 Å². The van der Waals surface area contributed by atoms with E-state index < -0.39 is 11.6 Å². The number of halogens is 3. The van der Waals surface area contributed by atoms with Gasteiger partial charge >= 0.3 is 0 Å². The van der Waals surface area contributed by atoms with E-state index in [2.05, 4.69) is 0 Å². The van der Waals surface area contributed by atoms with Crippen LogP contribution in [0.2, 0.25) is 0 Å². The summed E-state index contributed by atoms with van der Waals surface area (Å²) in [4.78, 5) is 0. The van der Waals surface area contributed by atoms with Gasteiger partial charge in [0.25, 0.3) is 0 Å². The van der Waals surface area contributed by atoms with Crippen LogP contribution < -0.4 is 0 Å². The Bertz CT molecular complexity index is 341. The van der Waals surface area contributed by atoms with Gasteiger partial charge in [0, 0.05) is 0 Å². The molecule has 1 aliphatic rings. The van der Waals surface area contributed by atoms with Crippen LogP contribution in [0, 0.1) is 11.6 Å². The van der Waals surface area contributed by atoms with Crippen molar-refractivity contribution in [3.8, 4) is 0 Å². The molecule has 70 valence electrons. The molecule has 0 spiro atoms. The fraction of sp³-hybridized carbons (Fsp3) is 0.333. The Balaban J connectivity index is 2.52. The first-order valence-electron chi connectivity index (χ1n) is 3.88. The summed E-state index contributed by atoms with van der Waals surface area (Å²) in [5.41, 5.74) is 1.26. The average Bonchev–Trinajstić information content (AvgIpc) is 2.09. The minimum absolute atomic E-state index is 0.301. The molecule has 0 fully saturated rings. The Morgan fingerprint density at radius 2 is 2.00 bits per heavy atom. The Kier molecular flexibility index (Phi) is 2.22. The summed E-state index contributed by atoms with van der Waals surface area (Å²) in [5, 5.41) is -0.376. The van der Waals surface area contributed by atoms with E-state index in [0.29, 0.717) is 24.3 Å². The van der Waals surface area contributed by atoms with E-state index in [-0.39, 0.29) is 5.38 Å². The first-order chi connectivity index (χ1) is 6.18. The summed E-state index contributed by atoms with van der Waals surface area (Å²) < 4.78 is 30.6. The SMILES string of the molecule is Fc1cc2c(cc1F)C(Cl)COC2. The van der Waals surface area contributed by atoms with Gasteiger partial charge in [-0.1, -0.05) is 0 Å². The summed E-state index contributed by atoms with van der Waals surface area (Å²) in [7, 11) is 0. The van der Waals surface area contributed by atoms with Crippen LogP contribution in [0.15, 0.2) is 12.1 Å². The van der Waals surface area contributed by atoms with Crippen LogP contribution in [0.1, 0.15) is 16.5 Å². The van der Waals surface area contributed by atoms with Gasteiger partial charge in [0.15, 0.2) is 11.6 Å². The fourth-order valence-electron chi connectivity index (χ4n) is 1.38. The third-order valence-electron chi connectivity index (χ3n) is 2.04. The molecule has 0 amide bonds. The predicted octanol–water partition coefficient (Wildman–Crippen LogP) is 2.77. The smallest absolute Gasteiger partial charge is 0.159 e. The first-order valence-corrected chi connectivity index (χ1v) is 4.32. The second-order valence-corrected chi connectivity index (χ2v) is 3.47. The van der Waals surface area contributed by atoms with E-state index >= 15 is 0 Å². The Morgan fingerprint density at radius 3 is 2.77 bits per heavy atom. The van der Waals surface area contributed by atoms with Crippen molar-refractivity contribution in [2.24, 2.45) is 0 Å². The highest BCUT2D eigenvalue weighted by Gasteiger charge is 2.20. The van der Waals surface area contributed by atoms with Crippen LogP contribution in [0.5, 0.6) is 0 Å². The van der Waals surface area contributed by atoms with Crippen LogP contribution in [-0.2, 0) is 11.3 Å². The fourth-order valence-corrected chi connectivity index (χ4v) is 1.67. The van der Waals surface area contributed by atoms with Gasteiger partial charge in [-0.25, -0.2) is 8.78 Å². The van der Waals surface area contributed by atoms with Crippen LogP contribution in [-0.4, -0.2) is 6.61 Å². The van der Waals surface area contributed by atoms with E-state index in [4.69, 9.17) is 16.3 Å².